The van der Waals surface area contributed by atoms with Crippen molar-refractivity contribution in [3.05, 3.63) is 54.1 Å². The second-order valence-corrected chi connectivity index (χ2v) is 8.67. The Balaban J connectivity index is 1.72. The number of methoxy groups -OCH3 is 1. The molecule has 1 aliphatic rings. The number of hydrogen-bond donors (Lipinski definition) is 0. The van der Waals surface area contributed by atoms with Gasteiger partial charge in [-0.15, -0.1) is 13.2 Å². The molecule has 0 N–H and O–H groups in total. The Morgan fingerprint density at radius 2 is 1.63 bits per heavy atom. The number of alkyl halides is 3. The predicted molar refractivity (Wildman–Crippen MR) is 102 cm³/mol. The fourth-order valence-corrected chi connectivity index (χ4v) is 4.94. The van der Waals surface area contributed by atoms with Gasteiger partial charge in [0.2, 0.25) is 10.0 Å². The van der Waals surface area contributed by atoms with Crippen molar-refractivity contribution >= 4 is 15.8 Å². The molecule has 0 saturated carbocycles. The van der Waals surface area contributed by atoms with E-state index in [1.165, 1.54) is 19.2 Å². The van der Waals surface area contributed by atoms with Gasteiger partial charge in [0.1, 0.15) is 16.4 Å². The zero-order valence-corrected chi connectivity index (χ0v) is 16.9. The van der Waals surface area contributed by atoms with Crippen LogP contribution in [0, 0.1) is 5.92 Å². The molecule has 162 valence electrons. The maximum Gasteiger partial charge on any atom is 0.573 e. The molecular weight excluding hydrogens is 423 g/mol. The summed E-state index contributed by atoms with van der Waals surface area (Å²) in [5.41, 5.74) is 0.501. The molecule has 2 aromatic rings. The van der Waals surface area contributed by atoms with Gasteiger partial charge in [0, 0.05) is 24.6 Å². The second kappa shape index (κ2) is 8.65. The Morgan fingerprint density at radius 3 is 2.20 bits per heavy atom. The van der Waals surface area contributed by atoms with Gasteiger partial charge in [-0.3, -0.25) is 4.79 Å². The van der Waals surface area contributed by atoms with Crippen molar-refractivity contribution in [2.24, 2.45) is 5.92 Å². The standard InChI is InChI=1S/C20H20F3NO5S/c1-28-16-8-6-14(7-9-16)19(25)15-10-12-24(13-11-15)30(26,27)18-5-3-2-4-17(18)29-20(21,22)23/h2-9,15H,10-13H2,1H3. The number of sulfonamides is 1. The Bertz CT molecular complexity index is 998. The van der Waals surface area contributed by atoms with Gasteiger partial charge in [-0.2, -0.15) is 4.31 Å². The molecule has 0 aromatic heterocycles. The first kappa shape index (κ1) is 22.1. The molecule has 0 bridgehead atoms. The largest absolute Gasteiger partial charge is 0.573 e. The van der Waals surface area contributed by atoms with E-state index in [4.69, 9.17) is 4.74 Å². The number of rotatable bonds is 6. The van der Waals surface area contributed by atoms with Gasteiger partial charge in [-0.05, 0) is 49.2 Å². The lowest BCUT2D eigenvalue weighted by Crippen LogP contribution is -2.40. The minimum atomic E-state index is -5.01. The fourth-order valence-electron chi connectivity index (χ4n) is 3.36. The highest BCUT2D eigenvalue weighted by atomic mass is 32.2. The number of carbonyl (C=O) groups excluding carboxylic acids is 1. The van der Waals surface area contributed by atoms with E-state index in [1.807, 2.05) is 0 Å². The molecular formula is C20H20F3NO5S. The molecule has 0 aliphatic carbocycles. The third-order valence-electron chi connectivity index (χ3n) is 4.89. The van der Waals surface area contributed by atoms with E-state index in [0.29, 0.717) is 11.3 Å². The van der Waals surface area contributed by atoms with Crippen LogP contribution in [0.15, 0.2) is 53.4 Å². The fraction of sp³-hybridized carbons (Fsp3) is 0.350. The highest BCUT2D eigenvalue weighted by Gasteiger charge is 2.37. The van der Waals surface area contributed by atoms with Crippen LogP contribution in [0.4, 0.5) is 13.2 Å². The lowest BCUT2D eigenvalue weighted by atomic mass is 9.89. The molecule has 0 atom stereocenters. The third-order valence-corrected chi connectivity index (χ3v) is 6.83. The number of benzene rings is 2. The van der Waals surface area contributed by atoms with Gasteiger partial charge in [-0.25, -0.2) is 8.42 Å². The van der Waals surface area contributed by atoms with Crippen molar-refractivity contribution < 1.29 is 35.9 Å². The van der Waals surface area contributed by atoms with Crippen LogP contribution in [0.1, 0.15) is 23.2 Å². The molecule has 1 aliphatic heterocycles. The Morgan fingerprint density at radius 1 is 1.03 bits per heavy atom. The van der Waals surface area contributed by atoms with E-state index in [1.54, 1.807) is 24.3 Å². The van der Waals surface area contributed by atoms with Gasteiger partial charge >= 0.3 is 6.36 Å². The first-order chi connectivity index (χ1) is 14.1. The molecule has 30 heavy (non-hydrogen) atoms. The number of para-hydroxylation sites is 1. The quantitative estimate of drug-likeness (QED) is 0.634. The molecule has 10 heteroatoms. The first-order valence-corrected chi connectivity index (χ1v) is 10.6. The topological polar surface area (TPSA) is 72.9 Å². The lowest BCUT2D eigenvalue weighted by molar-refractivity contribution is -0.275. The van der Waals surface area contributed by atoms with E-state index in [0.717, 1.165) is 16.4 Å². The summed E-state index contributed by atoms with van der Waals surface area (Å²) < 4.78 is 73.7. The van der Waals surface area contributed by atoms with Crippen LogP contribution in [-0.4, -0.2) is 45.1 Å². The Hall–Kier alpha value is -2.59. The highest BCUT2D eigenvalue weighted by Crippen LogP contribution is 2.33. The van der Waals surface area contributed by atoms with Crippen LogP contribution in [-0.2, 0) is 10.0 Å². The summed E-state index contributed by atoms with van der Waals surface area (Å²) in [5, 5.41) is 0. The predicted octanol–water partition coefficient (Wildman–Crippen LogP) is 3.88. The maximum absolute atomic E-state index is 12.9. The van der Waals surface area contributed by atoms with Gasteiger partial charge in [0.25, 0.3) is 0 Å². The molecule has 1 saturated heterocycles. The van der Waals surface area contributed by atoms with Crippen LogP contribution in [0.2, 0.25) is 0 Å². The number of Topliss-reactive ketones (excluding diaryl/α,β-unsaturated/α-hetero) is 1. The molecule has 0 unspecified atom stereocenters. The van der Waals surface area contributed by atoms with Crippen molar-refractivity contribution in [2.45, 2.75) is 24.1 Å². The number of carbonyl (C=O) groups is 1. The summed E-state index contributed by atoms with van der Waals surface area (Å²) in [5.74, 6) is -0.629. The van der Waals surface area contributed by atoms with E-state index in [2.05, 4.69) is 4.74 Å². The van der Waals surface area contributed by atoms with Crippen LogP contribution >= 0.6 is 0 Å². The van der Waals surface area contributed by atoms with Crippen LogP contribution in [0.25, 0.3) is 0 Å². The second-order valence-electron chi connectivity index (χ2n) is 6.77. The average molecular weight is 443 g/mol. The van der Waals surface area contributed by atoms with E-state index < -0.39 is 27.0 Å². The molecule has 2 aromatic carbocycles. The third kappa shape index (κ3) is 4.93. The molecule has 0 amide bonds. The van der Waals surface area contributed by atoms with Gasteiger partial charge in [-0.1, -0.05) is 12.1 Å². The van der Waals surface area contributed by atoms with E-state index in [9.17, 15) is 26.4 Å². The minimum Gasteiger partial charge on any atom is -0.497 e. The molecule has 0 spiro atoms. The number of hydrogen-bond acceptors (Lipinski definition) is 5. The summed E-state index contributed by atoms with van der Waals surface area (Å²) in [6.45, 7) is 0.0461. The monoisotopic (exact) mass is 443 g/mol. The van der Waals surface area contributed by atoms with Crippen molar-refractivity contribution in [3.63, 3.8) is 0 Å². The summed E-state index contributed by atoms with van der Waals surface area (Å²) in [7, 11) is -2.69. The zero-order chi connectivity index (χ0) is 21.9. The van der Waals surface area contributed by atoms with Crippen molar-refractivity contribution in [2.75, 3.05) is 20.2 Å². The molecule has 1 fully saturated rings. The number of halogens is 3. The maximum atomic E-state index is 12.9. The summed E-state index contributed by atoms with van der Waals surface area (Å²) in [4.78, 5) is 12.1. The Labute approximate surface area is 172 Å². The summed E-state index contributed by atoms with van der Waals surface area (Å²) in [6, 6.07) is 11.3. The van der Waals surface area contributed by atoms with Crippen LogP contribution in [0.5, 0.6) is 11.5 Å². The number of piperidine rings is 1. The molecule has 1 heterocycles. The van der Waals surface area contributed by atoms with Gasteiger partial charge in [0.05, 0.1) is 7.11 Å². The lowest BCUT2D eigenvalue weighted by Gasteiger charge is -2.31. The minimum absolute atomic E-state index is 0.0231. The molecule has 6 nitrogen and oxygen atoms in total. The zero-order valence-electron chi connectivity index (χ0n) is 16.1. The van der Waals surface area contributed by atoms with Gasteiger partial charge in [0.15, 0.2) is 5.78 Å². The van der Waals surface area contributed by atoms with Crippen molar-refractivity contribution in [3.8, 4) is 11.5 Å². The normalized spacial score (nSPS) is 16.3. The average Bonchev–Trinajstić information content (AvgIpc) is 2.72. The number of ether oxygens (including phenoxy) is 2. The number of ketones is 1. The number of nitrogens with zero attached hydrogens (tertiary/aromatic N) is 1. The van der Waals surface area contributed by atoms with Crippen molar-refractivity contribution in [1.29, 1.82) is 0 Å². The highest BCUT2D eigenvalue weighted by molar-refractivity contribution is 7.89. The summed E-state index contributed by atoms with van der Waals surface area (Å²) in [6.07, 6.45) is -4.47. The van der Waals surface area contributed by atoms with Crippen molar-refractivity contribution in [1.82, 2.24) is 4.31 Å². The Kier molecular flexibility index (Phi) is 6.37. The SMILES string of the molecule is COc1ccc(C(=O)C2CCN(S(=O)(=O)c3ccccc3OC(F)(F)F)CC2)cc1. The molecule has 3 rings (SSSR count). The molecule has 0 radical (unpaired) electrons. The van der Waals surface area contributed by atoms with Gasteiger partial charge < -0.3 is 9.47 Å². The van der Waals surface area contributed by atoms with Crippen LogP contribution in [0.3, 0.4) is 0 Å². The first-order valence-electron chi connectivity index (χ1n) is 9.15. The van der Waals surface area contributed by atoms with Crippen LogP contribution < -0.4 is 9.47 Å². The smallest absolute Gasteiger partial charge is 0.497 e. The van der Waals surface area contributed by atoms with E-state index >= 15 is 0 Å². The van der Waals surface area contributed by atoms with E-state index in [-0.39, 0.29) is 37.6 Å². The summed E-state index contributed by atoms with van der Waals surface area (Å²) >= 11 is 0.